The highest BCUT2D eigenvalue weighted by Gasteiger charge is 2.33. The summed E-state index contributed by atoms with van der Waals surface area (Å²) in [5, 5.41) is 3.30. The minimum atomic E-state index is -3.53. The molecule has 1 heterocycles. The molecule has 1 saturated heterocycles. The second-order valence-corrected chi connectivity index (χ2v) is 8.46. The maximum Gasteiger partial charge on any atom is 0.240 e. The smallest absolute Gasteiger partial charge is 0.240 e. The first-order chi connectivity index (χ1) is 10.4. The van der Waals surface area contributed by atoms with Gasteiger partial charge in [0.05, 0.1) is 11.5 Å². The molecule has 124 valence electrons. The van der Waals surface area contributed by atoms with Gasteiger partial charge in [0.2, 0.25) is 10.0 Å². The Bertz CT molecular complexity index is 608. The lowest BCUT2D eigenvalue weighted by Crippen LogP contribution is -2.47. The van der Waals surface area contributed by atoms with Crippen LogP contribution in [0.15, 0.2) is 27.6 Å². The van der Waals surface area contributed by atoms with Gasteiger partial charge in [-0.1, -0.05) is 22.0 Å². The highest BCUT2D eigenvalue weighted by Crippen LogP contribution is 2.29. The lowest BCUT2D eigenvalue weighted by Gasteiger charge is -2.37. The Hall–Kier alpha value is -0.470. The molecule has 0 bridgehead atoms. The summed E-state index contributed by atoms with van der Waals surface area (Å²) < 4.78 is 34.1. The summed E-state index contributed by atoms with van der Waals surface area (Å²) in [5.74, 6) is 0. The molecule has 1 aromatic carbocycles. The van der Waals surface area contributed by atoms with Crippen LogP contribution in [0, 0.1) is 12.3 Å². The Kier molecular flexibility index (Phi) is 6.01. The molecule has 1 aromatic rings. The number of rotatable bonds is 6. The number of benzene rings is 1. The molecular weight excluding hydrogens is 368 g/mol. The molecule has 0 radical (unpaired) electrons. The highest BCUT2D eigenvalue weighted by molar-refractivity contribution is 9.10. The Morgan fingerprint density at radius 1 is 1.36 bits per heavy atom. The maximum absolute atomic E-state index is 12.6. The molecule has 1 fully saturated rings. The first-order valence-corrected chi connectivity index (χ1v) is 9.62. The number of ether oxygens (including phenoxy) is 1. The molecular formula is C15H23BrN2O3S. The summed E-state index contributed by atoms with van der Waals surface area (Å²) in [6.45, 7) is 4.54. The van der Waals surface area contributed by atoms with Crippen molar-refractivity contribution in [3.05, 3.63) is 28.2 Å². The summed E-state index contributed by atoms with van der Waals surface area (Å²) in [6, 6.07) is 5.21. The lowest BCUT2D eigenvalue weighted by molar-refractivity contribution is 0.0577. The molecule has 1 aliphatic rings. The Morgan fingerprint density at radius 3 is 2.68 bits per heavy atom. The van der Waals surface area contributed by atoms with E-state index in [0.29, 0.717) is 18.0 Å². The van der Waals surface area contributed by atoms with Gasteiger partial charge in [0.15, 0.2) is 0 Å². The van der Waals surface area contributed by atoms with E-state index in [2.05, 4.69) is 26.0 Å². The molecule has 0 atom stereocenters. The van der Waals surface area contributed by atoms with E-state index in [1.54, 1.807) is 26.2 Å². The van der Waals surface area contributed by atoms with Gasteiger partial charge in [-0.2, -0.15) is 0 Å². The summed E-state index contributed by atoms with van der Waals surface area (Å²) in [7, 11) is -1.86. The van der Waals surface area contributed by atoms with E-state index < -0.39 is 10.0 Å². The predicted octanol–water partition coefficient (Wildman–Crippen LogP) is 2.05. The van der Waals surface area contributed by atoms with Crippen LogP contribution in [0.2, 0.25) is 0 Å². The number of methoxy groups -OCH3 is 1. The van der Waals surface area contributed by atoms with E-state index >= 15 is 0 Å². The topological polar surface area (TPSA) is 67.4 Å². The monoisotopic (exact) mass is 390 g/mol. The van der Waals surface area contributed by atoms with Crippen LogP contribution in [0.5, 0.6) is 0 Å². The predicted molar refractivity (Wildman–Crippen MR) is 90.5 cm³/mol. The third kappa shape index (κ3) is 4.08. The quantitative estimate of drug-likeness (QED) is 0.779. The molecule has 1 aliphatic heterocycles. The summed E-state index contributed by atoms with van der Waals surface area (Å²) >= 11 is 3.38. The first-order valence-electron chi connectivity index (χ1n) is 7.35. The normalized spacial score (nSPS) is 18.3. The maximum atomic E-state index is 12.6. The fourth-order valence-corrected chi connectivity index (χ4v) is 4.76. The van der Waals surface area contributed by atoms with Gasteiger partial charge in [-0.05, 0) is 50.6 Å². The molecule has 0 amide bonds. The van der Waals surface area contributed by atoms with Crippen LogP contribution >= 0.6 is 15.9 Å². The molecule has 0 spiro atoms. The largest absolute Gasteiger partial charge is 0.384 e. The van der Waals surface area contributed by atoms with Gasteiger partial charge in [0.25, 0.3) is 0 Å². The third-order valence-electron chi connectivity index (χ3n) is 4.26. The minimum absolute atomic E-state index is 0.132. The van der Waals surface area contributed by atoms with Crippen molar-refractivity contribution in [2.24, 2.45) is 5.41 Å². The Labute approximate surface area is 141 Å². The van der Waals surface area contributed by atoms with E-state index in [9.17, 15) is 8.42 Å². The number of piperidine rings is 1. The number of nitrogens with one attached hydrogen (secondary N) is 2. The number of hydrogen-bond donors (Lipinski definition) is 2. The average molecular weight is 391 g/mol. The molecule has 22 heavy (non-hydrogen) atoms. The molecule has 0 aliphatic carbocycles. The fraction of sp³-hybridized carbons (Fsp3) is 0.600. The van der Waals surface area contributed by atoms with Crippen molar-refractivity contribution in [1.82, 2.24) is 10.0 Å². The Balaban J connectivity index is 2.16. The molecule has 0 aromatic heterocycles. The van der Waals surface area contributed by atoms with E-state index in [-0.39, 0.29) is 5.41 Å². The van der Waals surface area contributed by atoms with Gasteiger partial charge in [-0.3, -0.25) is 0 Å². The van der Waals surface area contributed by atoms with Crippen LogP contribution in [0.1, 0.15) is 18.4 Å². The molecule has 2 N–H and O–H groups in total. The van der Waals surface area contributed by atoms with E-state index in [1.165, 1.54) is 0 Å². The van der Waals surface area contributed by atoms with E-state index in [4.69, 9.17) is 4.74 Å². The number of hydrogen-bond acceptors (Lipinski definition) is 4. The van der Waals surface area contributed by atoms with Crippen molar-refractivity contribution in [3.8, 4) is 0 Å². The van der Waals surface area contributed by atoms with Crippen LogP contribution in [-0.4, -0.2) is 41.8 Å². The second-order valence-electron chi connectivity index (χ2n) is 5.87. The van der Waals surface area contributed by atoms with Crippen molar-refractivity contribution in [2.75, 3.05) is 33.4 Å². The van der Waals surface area contributed by atoms with Gasteiger partial charge >= 0.3 is 0 Å². The summed E-state index contributed by atoms with van der Waals surface area (Å²) in [4.78, 5) is 0.323. The number of halogens is 1. The SMILES string of the molecule is COCC1(CNS(=O)(=O)c2cccc(Br)c2C)CCNCC1. The zero-order chi connectivity index (χ0) is 16.2. The van der Waals surface area contributed by atoms with Crippen LogP contribution in [-0.2, 0) is 14.8 Å². The van der Waals surface area contributed by atoms with E-state index in [1.807, 2.05) is 6.07 Å². The van der Waals surface area contributed by atoms with Gasteiger partial charge in [-0.25, -0.2) is 13.1 Å². The third-order valence-corrected chi connectivity index (χ3v) is 6.66. The first kappa shape index (κ1) is 17.9. The van der Waals surface area contributed by atoms with Crippen molar-refractivity contribution in [2.45, 2.75) is 24.7 Å². The van der Waals surface area contributed by atoms with Crippen LogP contribution in [0.25, 0.3) is 0 Å². The highest BCUT2D eigenvalue weighted by atomic mass is 79.9. The average Bonchev–Trinajstić information content (AvgIpc) is 2.49. The van der Waals surface area contributed by atoms with Crippen LogP contribution < -0.4 is 10.0 Å². The van der Waals surface area contributed by atoms with Crippen LogP contribution in [0.3, 0.4) is 0 Å². The van der Waals surface area contributed by atoms with Gasteiger partial charge in [-0.15, -0.1) is 0 Å². The van der Waals surface area contributed by atoms with Crippen molar-refractivity contribution < 1.29 is 13.2 Å². The number of sulfonamides is 1. The minimum Gasteiger partial charge on any atom is -0.384 e. The molecule has 2 rings (SSSR count). The molecule has 0 unspecified atom stereocenters. The van der Waals surface area contributed by atoms with Crippen molar-refractivity contribution in [3.63, 3.8) is 0 Å². The fourth-order valence-electron chi connectivity index (χ4n) is 2.84. The van der Waals surface area contributed by atoms with Gasteiger partial charge in [0, 0.05) is 23.5 Å². The molecule has 0 saturated carbocycles. The standard InChI is InChI=1S/C15H23BrN2O3S/c1-12-13(16)4-3-5-14(12)22(19,20)18-10-15(11-21-2)6-8-17-9-7-15/h3-5,17-18H,6-11H2,1-2H3. The van der Waals surface area contributed by atoms with Gasteiger partial charge < -0.3 is 10.1 Å². The Morgan fingerprint density at radius 2 is 2.05 bits per heavy atom. The zero-order valence-electron chi connectivity index (χ0n) is 13.0. The van der Waals surface area contributed by atoms with Crippen LogP contribution in [0.4, 0.5) is 0 Å². The second kappa shape index (κ2) is 7.40. The van der Waals surface area contributed by atoms with Gasteiger partial charge in [0.1, 0.15) is 0 Å². The van der Waals surface area contributed by atoms with E-state index in [0.717, 1.165) is 36.0 Å². The summed E-state index contributed by atoms with van der Waals surface area (Å²) in [5.41, 5.74) is 0.591. The lowest BCUT2D eigenvalue weighted by atomic mass is 9.80. The molecule has 5 nitrogen and oxygen atoms in total. The zero-order valence-corrected chi connectivity index (χ0v) is 15.4. The summed E-state index contributed by atoms with van der Waals surface area (Å²) in [6.07, 6.45) is 1.81. The molecule has 7 heteroatoms. The van der Waals surface area contributed by atoms with Crippen molar-refractivity contribution in [1.29, 1.82) is 0 Å². The van der Waals surface area contributed by atoms with Crippen molar-refractivity contribution >= 4 is 26.0 Å².